The average molecular weight is 402 g/mol. The molecule has 0 aromatic carbocycles. The van der Waals surface area contributed by atoms with E-state index < -0.39 is 12.1 Å². The lowest BCUT2D eigenvalue weighted by Gasteiger charge is -2.21. The molecule has 1 aromatic rings. The molecule has 6 heteroatoms. The van der Waals surface area contributed by atoms with Gasteiger partial charge in [-0.05, 0) is 30.5 Å². The predicted molar refractivity (Wildman–Crippen MR) is 112 cm³/mol. The number of hydrogen-bond acceptors (Lipinski definition) is 4. The number of aliphatic hydroxyl groups excluding tert-OH is 1. The Morgan fingerprint density at radius 3 is 2.89 bits per heavy atom. The summed E-state index contributed by atoms with van der Waals surface area (Å²) < 4.78 is 0. The van der Waals surface area contributed by atoms with Crippen LogP contribution in [-0.4, -0.2) is 45.7 Å². The highest BCUT2D eigenvalue weighted by Gasteiger charge is 2.28. The van der Waals surface area contributed by atoms with Crippen molar-refractivity contribution in [2.24, 2.45) is 5.92 Å². The van der Waals surface area contributed by atoms with Gasteiger partial charge in [-0.2, -0.15) is 0 Å². The number of carboxylic acid groups (broad SMARTS) is 1. The Morgan fingerprint density at radius 2 is 2.21 bits per heavy atom. The lowest BCUT2D eigenvalue weighted by Crippen LogP contribution is -2.32. The van der Waals surface area contributed by atoms with Crippen LogP contribution in [0.3, 0.4) is 0 Å². The van der Waals surface area contributed by atoms with Gasteiger partial charge in [0.1, 0.15) is 4.88 Å². The molecule has 3 atom stereocenters. The van der Waals surface area contributed by atoms with Gasteiger partial charge in [0, 0.05) is 30.7 Å². The van der Waals surface area contributed by atoms with Crippen LogP contribution in [0.25, 0.3) is 6.08 Å². The first kappa shape index (κ1) is 21.9. The molecule has 2 N–H and O–H groups in total. The van der Waals surface area contributed by atoms with Crippen molar-refractivity contribution in [3.63, 3.8) is 0 Å². The minimum Gasteiger partial charge on any atom is -0.477 e. The van der Waals surface area contributed by atoms with Crippen molar-refractivity contribution < 1.29 is 19.8 Å². The number of aliphatic hydroxyl groups is 1. The number of nitrogens with zero attached hydrogens (tertiary/aromatic N) is 1. The Bertz CT molecular complexity index is 799. The first-order chi connectivity index (χ1) is 13.4. The Morgan fingerprint density at radius 1 is 1.43 bits per heavy atom. The smallest absolute Gasteiger partial charge is 0.345 e. The summed E-state index contributed by atoms with van der Waals surface area (Å²) in [5.41, 5.74) is 0. The molecule has 0 saturated carbocycles. The highest BCUT2D eigenvalue weighted by Crippen LogP contribution is 2.22. The molecule has 2 rings (SSSR count). The largest absolute Gasteiger partial charge is 0.477 e. The number of aromatic carboxylic acids is 1. The van der Waals surface area contributed by atoms with Crippen molar-refractivity contribution in [3.8, 4) is 11.8 Å². The van der Waals surface area contributed by atoms with Gasteiger partial charge in [-0.25, -0.2) is 4.79 Å². The molecule has 0 aliphatic carbocycles. The summed E-state index contributed by atoms with van der Waals surface area (Å²) in [5.74, 6) is 5.27. The summed E-state index contributed by atoms with van der Waals surface area (Å²) in [6.45, 7) is 4.42. The van der Waals surface area contributed by atoms with Gasteiger partial charge in [-0.3, -0.25) is 4.79 Å². The maximum absolute atomic E-state index is 12.2. The van der Waals surface area contributed by atoms with Gasteiger partial charge in [0.2, 0.25) is 5.91 Å². The van der Waals surface area contributed by atoms with Gasteiger partial charge in [0.25, 0.3) is 0 Å². The van der Waals surface area contributed by atoms with E-state index in [9.17, 15) is 14.7 Å². The highest BCUT2D eigenvalue weighted by atomic mass is 32.1. The molecule has 1 amide bonds. The highest BCUT2D eigenvalue weighted by molar-refractivity contribution is 7.14. The van der Waals surface area contributed by atoms with Crippen molar-refractivity contribution in [2.75, 3.05) is 6.54 Å². The van der Waals surface area contributed by atoms with Gasteiger partial charge in [-0.1, -0.05) is 32.1 Å². The van der Waals surface area contributed by atoms with E-state index in [1.54, 1.807) is 23.1 Å². The van der Waals surface area contributed by atoms with E-state index in [-0.39, 0.29) is 17.9 Å². The summed E-state index contributed by atoms with van der Waals surface area (Å²) in [6.07, 6.45) is 9.52. The molecule has 150 valence electrons. The quantitative estimate of drug-likeness (QED) is 0.513. The van der Waals surface area contributed by atoms with E-state index in [1.807, 2.05) is 32.1 Å². The maximum atomic E-state index is 12.2. The third-order valence-corrected chi connectivity index (χ3v) is 5.67. The normalized spacial score (nSPS) is 19.2. The van der Waals surface area contributed by atoms with E-state index >= 15 is 0 Å². The number of carbonyl (C=O) groups excluding carboxylic acids is 1. The second-order valence-electron chi connectivity index (χ2n) is 6.83. The monoisotopic (exact) mass is 401 g/mol. The van der Waals surface area contributed by atoms with Gasteiger partial charge in [0.15, 0.2) is 0 Å². The van der Waals surface area contributed by atoms with E-state index in [4.69, 9.17) is 5.11 Å². The van der Waals surface area contributed by atoms with Crippen LogP contribution in [0, 0.1) is 17.8 Å². The second-order valence-corrected chi connectivity index (χ2v) is 7.94. The SMILES string of the molecule is CCC#CC[C@H](C)[C@@H](O)/C=C\[C@H]1CCC(=O)N1CC=Cc1ccc(C(=O)O)s1. The van der Waals surface area contributed by atoms with Crippen molar-refractivity contribution in [2.45, 2.75) is 51.7 Å². The van der Waals surface area contributed by atoms with Crippen LogP contribution >= 0.6 is 11.3 Å². The molecule has 1 aliphatic rings. The van der Waals surface area contributed by atoms with Crippen molar-refractivity contribution in [1.82, 2.24) is 4.90 Å². The standard InChI is InChI=1S/C22H27NO4S/c1-3-4-5-7-16(2)19(24)12-9-17-10-14-21(25)23(17)15-6-8-18-11-13-20(28-18)22(26)27/h6,8-9,11-13,16-17,19,24H,3,7,10,14-15H2,1-2H3,(H,26,27)/b8-6?,12-9-/t16-,17-,19-/m0/s1. The van der Waals surface area contributed by atoms with E-state index in [0.29, 0.717) is 24.3 Å². The van der Waals surface area contributed by atoms with Gasteiger partial charge >= 0.3 is 5.97 Å². The molecule has 2 heterocycles. The Hall–Kier alpha value is -2.36. The molecule has 5 nitrogen and oxygen atoms in total. The third kappa shape index (κ3) is 6.36. The van der Waals surface area contributed by atoms with Crippen LogP contribution in [0.1, 0.15) is 54.1 Å². The van der Waals surface area contributed by atoms with Crippen LogP contribution < -0.4 is 0 Å². The number of likely N-dealkylation sites (tertiary alicyclic amines) is 1. The number of amides is 1. The molecule has 1 aliphatic heterocycles. The molecule has 28 heavy (non-hydrogen) atoms. The molecular weight excluding hydrogens is 374 g/mol. The predicted octanol–water partition coefficient (Wildman–Crippen LogP) is 3.81. The fourth-order valence-electron chi connectivity index (χ4n) is 2.94. The topological polar surface area (TPSA) is 77.8 Å². The number of hydrogen-bond donors (Lipinski definition) is 2. The van der Waals surface area contributed by atoms with Crippen LogP contribution in [-0.2, 0) is 4.79 Å². The van der Waals surface area contributed by atoms with Crippen LogP contribution in [0.4, 0.5) is 0 Å². The lowest BCUT2D eigenvalue weighted by atomic mass is 10.00. The van der Waals surface area contributed by atoms with Crippen molar-refractivity contribution in [1.29, 1.82) is 0 Å². The van der Waals surface area contributed by atoms with E-state index in [2.05, 4.69) is 11.8 Å². The Balaban J connectivity index is 1.92. The average Bonchev–Trinajstić information content (AvgIpc) is 3.27. The van der Waals surface area contributed by atoms with E-state index in [1.165, 1.54) is 11.3 Å². The number of rotatable bonds is 8. The summed E-state index contributed by atoms with van der Waals surface area (Å²) in [4.78, 5) is 26.0. The van der Waals surface area contributed by atoms with Gasteiger partial charge in [-0.15, -0.1) is 23.2 Å². The summed E-state index contributed by atoms with van der Waals surface area (Å²) in [5, 5.41) is 19.2. The Kier molecular flexibility index (Phi) is 8.49. The zero-order valence-electron chi connectivity index (χ0n) is 16.3. The zero-order valence-corrected chi connectivity index (χ0v) is 17.1. The molecule has 0 spiro atoms. The Labute approximate surface area is 170 Å². The molecular formula is C22H27NO4S. The maximum Gasteiger partial charge on any atom is 0.345 e. The van der Waals surface area contributed by atoms with Crippen molar-refractivity contribution in [3.05, 3.63) is 40.1 Å². The van der Waals surface area contributed by atoms with Crippen LogP contribution in [0.5, 0.6) is 0 Å². The number of carbonyl (C=O) groups is 2. The molecule has 0 unspecified atom stereocenters. The molecule has 1 saturated heterocycles. The molecule has 0 bridgehead atoms. The second kappa shape index (κ2) is 10.8. The summed E-state index contributed by atoms with van der Waals surface area (Å²) >= 11 is 1.20. The van der Waals surface area contributed by atoms with Gasteiger partial charge in [0.05, 0.1) is 12.1 Å². The fraction of sp³-hybridized carbons (Fsp3) is 0.455. The first-order valence-electron chi connectivity index (χ1n) is 9.53. The zero-order chi connectivity index (χ0) is 20.5. The number of carboxylic acids is 1. The number of thiophene rings is 1. The molecule has 0 radical (unpaired) electrons. The van der Waals surface area contributed by atoms with Crippen LogP contribution in [0.2, 0.25) is 0 Å². The lowest BCUT2D eigenvalue weighted by molar-refractivity contribution is -0.127. The molecule has 1 fully saturated rings. The third-order valence-electron chi connectivity index (χ3n) is 4.64. The summed E-state index contributed by atoms with van der Waals surface area (Å²) in [7, 11) is 0. The molecule has 1 aromatic heterocycles. The van der Waals surface area contributed by atoms with Crippen LogP contribution in [0.15, 0.2) is 30.4 Å². The fourth-order valence-corrected chi connectivity index (χ4v) is 3.72. The minimum absolute atomic E-state index is 0.0290. The minimum atomic E-state index is -0.932. The summed E-state index contributed by atoms with van der Waals surface area (Å²) in [6, 6.07) is 3.30. The first-order valence-corrected chi connectivity index (χ1v) is 10.3. The van der Waals surface area contributed by atoms with Crippen molar-refractivity contribution >= 4 is 29.3 Å². The van der Waals surface area contributed by atoms with Gasteiger partial charge < -0.3 is 15.1 Å². The van der Waals surface area contributed by atoms with E-state index in [0.717, 1.165) is 17.7 Å².